The second-order valence-electron chi connectivity index (χ2n) is 6.04. The molecule has 0 saturated carbocycles. The lowest BCUT2D eigenvalue weighted by atomic mass is 9.76. The Morgan fingerprint density at radius 3 is 2.63 bits per heavy atom. The van der Waals surface area contributed by atoms with Crippen LogP contribution in [0.2, 0.25) is 0 Å². The number of hydrogen-bond acceptors (Lipinski definition) is 3. The third-order valence-corrected chi connectivity index (χ3v) is 4.65. The lowest BCUT2D eigenvalue weighted by Gasteiger charge is -2.30. The molecule has 2 unspecified atom stereocenters. The molecule has 0 aromatic heterocycles. The Hall–Kier alpha value is -1.10. The third kappa shape index (κ3) is 2.61. The number of carbonyl (C=O) groups is 2. The molecule has 1 N–H and O–H groups in total. The standard InChI is InChI=1S/C14H23NO4/c1-10(2)14(13(17)18)5-6-15(9-14)12(16)11-4-3-7-19-8-11/h10-11H,3-9H2,1-2H3,(H,17,18). The molecule has 0 aromatic rings. The summed E-state index contributed by atoms with van der Waals surface area (Å²) in [6, 6.07) is 0. The average molecular weight is 269 g/mol. The summed E-state index contributed by atoms with van der Waals surface area (Å²) in [7, 11) is 0. The molecule has 2 aliphatic heterocycles. The number of likely N-dealkylation sites (tertiary alicyclic amines) is 1. The minimum Gasteiger partial charge on any atom is -0.481 e. The summed E-state index contributed by atoms with van der Waals surface area (Å²) in [5, 5.41) is 9.48. The lowest BCUT2D eigenvalue weighted by Crippen LogP contribution is -2.43. The largest absolute Gasteiger partial charge is 0.481 e. The van der Waals surface area contributed by atoms with Gasteiger partial charge in [0.1, 0.15) is 0 Å². The summed E-state index contributed by atoms with van der Waals surface area (Å²) >= 11 is 0. The topological polar surface area (TPSA) is 66.8 Å². The molecule has 2 fully saturated rings. The number of carbonyl (C=O) groups excluding carboxylic acids is 1. The Balaban J connectivity index is 2.04. The van der Waals surface area contributed by atoms with Crippen LogP contribution in [0.4, 0.5) is 0 Å². The van der Waals surface area contributed by atoms with E-state index in [4.69, 9.17) is 4.74 Å². The Morgan fingerprint density at radius 1 is 1.42 bits per heavy atom. The van der Waals surface area contributed by atoms with Crippen molar-refractivity contribution in [3.63, 3.8) is 0 Å². The number of carboxylic acid groups (broad SMARTS) is 1. The van der Waals surface area contributed by atoms with Crippen LogP contribution in [-0.2, 0) is 14.3 Å². The van der Waals surface area contributed by atoms with E-state index in [2.05, 4.69) is 0 Å². The Morgan fingerprint density at radius 2 is 2.16 bits per heavy atom. The van der Waals surface area contributed by atoms with Crippen LogP contribution in [0.1, 0.15) is 33.1 Å². The van der Waals surface area contributed by atoms with Gasteiger partial charge < -0.3 is 14.7 Å². The quantitative estimate of drug-likeness (QED) is 0.840. The maximum atomic E-state index is 12.4. The number of nitrogens with zero attached hydrogens (tertiary/aromatic N) is 1. The minimum atomic E-state index is -0.780. The molecular formula is C14H23NO4. The second kappa shape index (κ2) is 5.49. The van der Waals surface area contributed by atoms with Gasteiger partial charge in [-0.1, -0.05) is 13.8 Å². The van der Waals surface area contributed by atoms with Crippen molar-refractivity contribution in [3.05, 3.63) is 0 Å². The zero-order valence-corrected chi connectivity index (χ0v) is 11.7. The van der Waals surface area contributed by atoms with Gasteiger partial charge in [0, 0.05) is 19.7 Å². The van der Waals surface area contributed by atoms with Gasteiger partial charge in [0.2, 0.25) is 5.91 Å². The molecule has 0 radical (unpaired) electrons. The zero-order valence-electron chi connectivity index (χ0n) is 11.7. The molecule has 108 valence electrons. The Bertz CT molecular complexity index is 362. The molecule has 0 bridgehead atoms. The predicted molar refractivity (Wildman–Crippen MR) is 69.6 cm³/mol. The first-order valence-electron chi connectivity index (χ1n) is 7.07. The molecule has 0 aromatic carbocycles. The molecule has 5 heteroatoms. The van der Waals surface area contributed by atoms with Crippen molar-refractivity contribution >= 4 is 11.9 Å². The molecule has 2 rings (SSSR count). The smallest absolute Gasteiger partial charge is 0.311 e. The third-order valence-electron chi connectivity index (χ3n) is 4.65. The fourth-order valence-corrected chi connectivity index (χ4v) is 3.11. The van der Waals surface area contributed by atoms with Crippen molar-refractivity contribution in [1.29, 1.82) is 0 Å². The highest BCUT2D eigenvalue weighted by Gasteiger charge is 2.49. The molecule has 19 heavy (non-hydrogen) atoms. The first-order chi connectivity index (χ1) is 8.97. The second-order valence-corrected chi connectivity index (χ2v) is 6.04. The molecule has 5 nitrogen and oxygen atoms in total. The van der Waals surface area contributed by atoms with Crippen LogP contribution in [0.3, 0.4) is 0 Å². The highest BCUT2D eigenvalue weighted by atomic mass is 16.5. The number of hydrogen-bond donors (Lipinski definition) is 1. The molecule has 0 aliphatic carbocycles. The van der Waals surface area contributed by atoms with Gasteiger partial charge in [-0.2, -0.15) is 0 Å². The number of ether oxygens (including phenoxy) is 1. The molecule has 1 amide bonds. The van der Waals surface area contributed by atoms with E-state index < -0.39 is 11.4 Å². The molecule has 2 heterocycles. The number of amides is 1. The van der Waals surface area contributed by atoms with Crippen molar-refractivity contribution < 1.29 is 19.4 Å². The number of rotatable bonds is 3. The summed E-state index contributed by atoms with van der Waals surface area (Å²) in [5.41, 5.74) is -0.773. The van der Waals surface area contributed by atoms with Crippen molar-refractivity contribution in [3.8, 4) is 0 Å². The van der Waals surface area contributed by atoms with Crippen LogP contribution in [-0.4, -0.2) is 48.2 Å². The van der Waals surface area contributed by atoms with Crippen LogP contribution in [0.5, 0.6) is 0 Å². The number of carboxylic acids is 1. The van der Waals surface area contributed by atoms with Gasteiger partial charge >= 0.3 is 5.97 Å². The monoisotopic (exact) mass is 269 g/mol. The summed E-state index contributed by atoms with van der Waals surface area (Å²) in [4.78, 5) is 25.7. The van der Waals surface area contributed by atoms with Gasteiger partial charge in [-0.15, -0.1) is 0 Å². The molecule has 2 aliphatic rings. The van der Waals surface area contributed by atoms with E-state index in [9.17, 15) is 14.7 Å². The van der Waals surface area contributed by atoms with Crippen molar-refractivity contribution in [2.75, 3.05) is 26.3 Å². The van der Waals surface area contributed by atoms with Crippen LogP contribution in [0.25, 0.3) is 0 Å². The van der Waals surface area contributed by atoms with Crippen LogP contribution in [0, 0.1) is 17.3 Å². The van der Waals surface area contributed by atoms with Crippen molar-refractivity contribution in [2.45, 2.75) is 33.1 Å². The highest BCUT2D eigenvalue weighted by Crippen LogP contribution is 2.39. The fourth-order valence-electron chi connectivity index (χ4n) is 3.11. The first-order valence-corrected chi connectivity index (χ1v) is 7.07. The summed E-state index contributed by atoms with van der Waals surface area (Å²) in [5.74, 6) is -0.753. The van der Waals surface area contributed by atoms with Gasteiger partial charge in [-0.3, -0.25) is 9.59 Å². The Kier molecular flexibility index (Phi) is 4.13. The van der Waals surface area contributed by atoms with Gasteiger partial charge in [0.15, 0.2) is 0 Å². The van der Waals surface area contributed by atoms with Gasteiger partial charge in [-0.05, 0) is 25.2 Å². The number of aliphatic carboxylic acids is 1. The fraction of sp³-hybridized carbons (Fsp3) is 0.857. The first kappa shape index (κ1) is 14.3. The highest BCUT2D eigenvalue weighted by molar-refractivity contribution is 5.82. The molecular weight excluding hydrogens is 246 g/mol. The molecule has 2 saturated heterocycles. The average Bonchev–Trinajstić information content (AvgIpc) is 2.85. The van der Waals surface area contributed by atoms with E-state index in [1.54, 1.807) is 4.90 Å². The van der Waals surface area contributed by atoms with E-state index in [1.807, 2.05) is 13.8 Å². The van der Waals surface area contributed by atoms with Gasteiger partial charge in [0.25, 0.3) is 0 Å². The summed E-state index contributed by atoms with van der Waals surface area (Å²) < 4.78 is 5.35. The SMILES string of the molecule is CC(C)C1(C(=O)O)CCN(C(=O)C2CCCOC2)C1. The maximum Gasteiger partial charge on any atom is 0.311 e. The van der Waals surface area contributed by atoms with E-state index in [1.165, 1.54) is 0 Å². The van der Waals surface area contributed by atoms with E-state index in [-0.39, 0.29) is 17.7 Å². The normalized spacial score (nSPS) is 31.7. The molecule has 0 spiro atoms. The Labute approximate surface area is 113 Å². The van der Waals surface area contributed by atoms with E-state index in [0.29, 0.717) is 26.1 Å². The van der Waals surface area contributed by atoms with E-state index >= 15 is 0 Å². The van der Waals surface area contributed by atoms with E-state index in [0.717, 1.165) is 19.4 Å². The van der Waals surface area contributed by atoms with Crippen LogP contribution >= 0.6 is 0 Å². The molecule has 2 atom stereocenters. The minimum absolute atomic E-state index is 0.0328. The van der Waals surface area contributed by atoms with Crippen LogP contribution in [0.15, 0.2) is 0 Å². The van der Waals surface area contributed by atoms with Gasteiger partial charge in [-0.25, -0.2) is 0 Å². The summed E-state index contributed by atoms with van der Waals surface area (Å²) in [6.07, 6.45) is 2.33. The lowest BCUT2D eigenvalue weighted by molar-refractivity contribution is -0.151. The maximum absolute atomic E-state index is 12.4. The van der Waals surface area contributed by atoms with Crippen molar-refractivity contribution in [2.24, 2.45) is 17.3 Å². The summed E-state index contributed by atoms with van der Waals surface area (Å²) in [6.45, 7) is 5.96. The van der Waals surface area contributed by atoms with Crippen LogP contribution < -0.4 is 0 Å². The van der Waals surface area contributed by atoms with Gasteiger partial charge in [0.05, 0.1) is 17.9 Å². The van der Waals surface area contributed by atoms with Crippen molar-refractivity contribution in [1.82, 2.24) is 4.90 Å². The zero-order chi connectivity index (χ0) is 14.0. The predicted octanol–water partition coefficient (Wildman–Crippen LogP) is 1.37.